The molecule has 0 aromatic heterocycles. The minimum absolute atomic E-state index is 0.858. The average molecular weight is 313 g/mol. The largest absolute Gasteiger partial charge is 0.300 e. The number of benzene rings is 1. The lowest BCUT2D eigenvalue weighted by Gasteiger charge is -2.40. The molecule has 0 aliphatic carbocycles. The fraction of sp³-hybridized carbons (Fsp3) is 0.619. The smallest absolute Gasteiger partial charge is 0.0166 e. The summed E-state index contributed by atoms with van der Waals surface area (Å²) in [6, 6.07) is 9.81. The molecule has 126 valence electrons. The minimum Gasteiger partial charge on any atom is -0.300 e. The Labute approximate surface area is 142 Å². The van der Waals surface area contributed by atoms with Crippen LogP contribution in [0.5, 0.6) is 0 Å². The first-order valence-corrected chi connectivity index (χ1v) is 9.57. The number of rotatable bonds is 5. The summed E-state index contributed by atoms with van der Waals surface area (Å²) in [5.41, 5.74) is 2.74. The summed E-state index contributed by atoms with van der Waals surface area (Å²) in [7, 11) is 0. The third-order valence-electron chi connectivity index (χ3n) is 5.53. The molecule has 0 amide bonds. The predicted octanol–water partition coefficient (Wildman–Crippen LogP) is 4.21. The molecule has 0 N–H and O–H groups in total. The Hall–Kier alpha value is -1.12. The van der Waals surface area contributed by atoms with Crippen molar-refractivity contribution in [2.24, 2.45) is 0 Å². The highest BCUT2D eigenvalue weighted by molar-refractivity contribution is 5.49. The molecule has 2 aliphatic rings. The summed E-state index contributed by atoms with van der Waals surface area (Å²) in [5.74, 6) is 0. The molecule has 2 aliphatic heterocycles. The topological polar surface area (TPSA) is 6.48 Å². The third kappa shape index (κ3) is 4.92. The van der Waals surface area contributed by atoms with Gasteiger partial charge in [0.05, 0.1) is 0 Å². The van der Waals surface area contributed by atoms with Gasteiger partial charge in [0.1, 0.15) is 0 Å². The van der Waals surface area contributed by atoms with Gasteiger partial charge in [-0.3, -0.25) is 4.90 Å². The van der Waals surface area contributed by atoms with Crippen molar-refractivity contribution in [3.63, 3.8) is 0 Å². The van der Waals surface area contributed by atoms with E-state index in [1.165, 1.54) is 69.4 Å². The van der Waals surface area contributed by atoms with Crippen molar-refractivity contribution in [1.29, 1.82) is 0 Å². The van der Waals surface area contributed by atoms with Crippen LogP contribution in [0.1, 0.15) is 50.2 Å². The molecule has 3 rings (SSSR count). The van der Waals surface area contributed by atoms with Gasteiger partial charge in [-0.2, -0.15) is 0 Å². The molecule has 0 atom stereocenters. The highest BCUT2D eigenvalue weighted by Crippen LogP contribution is 2.20. The van der Waals surface area contributed by atoms with Crippen LogP contribution in [0.2, 0.25) is 0 Å². The Morgan fingerprint density at radius 1 is 0.957 bits per heavy atom. The number of hydrogen-bond acceptors (Lipinski definition) is 2. The van der Waals surface area contributed by atoms with E-state index in [9.17, 15) is 0 Å². The molecule has 0 spiro atoms. The molecule has 2 fully saturated rings. The van der Waals surface area contributed by atoms with E-state index in [2.05, 4.69) is 53.1 Å². The molecule has 0 bridgehead atoms. The summed E-state index contributed by atoms with van der Waals surface area (Å²) in [5, 5.41) is 0. The quantitative estimate of drug-likeness (QED) is 0.803. The standard InChI is InChI=1S/C21H32N2/c1-2-19-8-10-20(11-9-19)7-6-14-22-17-12-21(13-18-22)23-15-4-3-5-16-23/h6-11,21H,2-5,12-18H2,1H3/b7-6+. The predicted molar refractivity (Wildman–Crippen MR) is 99.7 cm³/mol. The van der Waals surface area contributed by atoms with Gasteiger partial charge >= 0.3 is 0 Å². The van der Waals surface area contributed by atoms with Crippen LogP contribution in [-0.2, 0) is 6.42 Å². The Morgan fingerprint density at radius 3 is 2.30 bits per heavy atom. The van der Waals surface area contributed by atoms with E-state index in [0.717, 1.165) is 19.0 Å². The minimum atomic E-state index is 0.858. The van der Waals surface area contributed by atoms with Crippen molar-refractivity contribution < 1.29 is 0 Å². The second-order valence-electron chi connectivity index (χ2n) is 7.13. The molecule has 23 heavy (non-hydrogen) atoms. The summed E-state index contributed by atoms with van der Waals surface area (Å²) in [6.45, 7) is 8.53. The maximum atomic E-state index is 2.76. The van der Waals surface area contributed by atoms with Crippen molar-refractivity contribution in [2.75, 3.05) is 32.7 Å². The molecule has 2 saturated heterocycles. The number of hydrogen-bond donors (Lipinski definition) is 0. The zero-order valence-electron chi connectivity index (χ0n) is 14.7. The first kappa shape index (κ1) is 16.7. The Bertz CT molecular complexity index is 477. The fourth-order valence-electron chi connectivity index (χ4n) is 3.95. The van der Waals surface area contributed by atoms with Crippen molar-refractivity contribution >= 4 is 6.08 Å². The Balaban J connectivity index is 1.40. The summed E-state index contributed by atoms with van der Waals surface area (Å²) < 4.78 is 0. The van der Waals surface area contributed by atoms with E-state index in [1.54, 1.807) is 0 Å². The average Bonchev–Trinajstić information content (AvgIpc) is 2.64. The fourth-order valence-corrected chi connectivity index (χ4v) is 3.95. The zero-order valence-corrected chi connectivity index (χ0v) is 14.7. The van der Waals surface area contributed by atoms with E-state index < -0.39 is 0 Å². The van der Waals surface area contributed by atoms with Gasteiger partial charge in [-0.1, -0.05) is 49.8 Å². The Kier molecular flexibility index (Phi) is 6.29. The van der Waals surface area contributed by atoms with Gasteiger partial charge in [0.2, 0.25) is 0 Å². The van der Waals surface area contributed by atoms with E-state index in [4.69, 9.17) is 0 Å². The lowest BCUT2D eigenvalue weighted by atomic mass is 10.00. The maximum Gasteiger partial charge on any atom is 0.0166 e. The molecular weight excluding hydrogens is 280 g/mol. The first-order valence-electron chi connectivity index (χ1n) is 9.57. The van der Waals surface area contributed by atoms with Crippen LogP contribution >= 0.6 is 0 Å². The van der Waals surface area contributed by atoms with E-state index >= 15 is 0 Å². The molecule has 2 nitrogen and oxygen atoms in total. The van der Waals surface area contributed by atoms with Crippen LogP contribution in [0, 0.1) is 0 Å². The molecular formula is C21H32N2. The molecule has 1 aromatic rings. The van der Waals surface area contributed by atoms with Crippen molar-refractivity contribution in [3.05, 3.63) is 41.5 Å². The Morgan fingerprint density at radius 2 is 1.65 bits per heavy atom. The van der Waals surface area contributed by atoms with Crippen LogP contribution in [0.4, 0.5) is 0 Å². The molecule has 0 radical (unpaired) electrons. The van der Waals surface area contributed by atoms with Gasteiger partial charge in [0.25, 0.3) is 0 Å². The molecule has 0 unspecified atom stereocenters. The van der Waals surface area contributed by atoms with E-state index in [1.807, 2.05) is 0 Å². The maximum absolute atomic E-state index is 2.76. The van der Waals surface area contributed by atoms with Gasteiger partial charge in [0, 0.05) is 12.6 Å². The molecule has 1 aromatic carbocycles. The summed E-state index contributed by atoms with van der Waals surface area (Å²) >= 11 is 0. The summed E-state index contributed by atoms with van der Waals surface area (Å²) in [4.78, 5) is 5.36. The van der Waals surface area contributed by atoms with Crippen molar-refractivity contribution in [2.45, 2.75) is 51.5 Å². The normalized spacial score (nSPS) is 22.0. The van der Waals surface area contributed by atoms with Gasteiger partial charge in [0.15, 0.2) is 0 Å². The first-order chi connectivity index (χ1) is 11.3. The number of nitrogens with zero attached hydrogens (tertiary/aromatic N) is 2. The number of aryl methyl sites for hydroxylation is 1. The van der Waals surface area contributed by atoms with Crippen LogP contribution in [0.25, 0.3) is 6.08 Å². The molecule has 2 heterocycles. The van der Waals surface area contributed by atoms with Gasteiger partial charge in [-0.25, -0.2) is 0 Å². The summed E-state index contributed by atoms with van der Waals surface area (Å²) in [6.07, 6.45) is 12.7. The molecule has 2 heteroatoms. The van der Waals surface area contributed by atoms with Crippen molar-refractivity contribution in [1.82, 2.24) is 9.80 Å². The van der Waals surface area contributed by atoms with E-state index in [-0.39, 0.29) is 0 Å². The van der Waals surface area contributed by atoms with Crippen LogP contribution < -0.4 is 0 Å². The van der Waals surface area contributed by atoms with E-state index in [0.29, 0.717) is 0 Å². The van der Waals surface area contributed by atoms with Crippen LogP contribution in [0.15, 0.2) is 30.3 Å². The van der Waals surface area contributed by atoms with Crippen molar-refractivity contribution in [3.8, 4) is 0 Å². The van der Waals surface area contributed by atoms with Crippen LogP contribution in [-0.4, -0.2) is 48.6 Å². The number of piperidine rings is 2. The van der Waals surface area contributed by atoms with Gasteiger partial charge < -0.3 is 4.90 Å². The lowest BCUT2D eigenvalue weighted by Crippen LogP contribution is -2.46. The monoisotopic (exact) mass is 312 g/mol. The van der Waals surface area contributed by atoms with Gasteiger partial charge in [-0.15, -0.1) is 0 Å². The SMILES string of the molecule is CCc1ccc(/C=C/CN2CCC(N3CCCCC3)CC2)cc1. The highest BCUT2D eigenvalue weighted by Gasteiger charge is 2.24. The zero-order chi connectivity index (χ0) is 15.9. The van der Waals surface area contributed by atoms with Crippen LogP contribution in [0.3, 0.4) is 0 Å². The second-order valence-corrected chi connectivity index (χ2v) is 7.13. The third-order valence-corrected chi connectivity index (χ3v) is 5.53. The highest BCUT2D eigenvalue weighted by atomic mass is 15.2. The number of likely N-dealkylation sites (tertiary alicyclic amines) is 2. The second kappa shape index (κ2) is 8.65. The van der Waals surface area contributed by atoms with Gasteiger partial charge in [-0.05, 0) is 69.4 Å². The lowest BCUT2D eigenvalue weighted by molar-refractivity contribution is 0.0975. The molecule has 0 saturated carbocycles.